The van der Waals surface area contributed by atoms with E-state index in [0.29, 0.717) is 0 Å². The van der Waals surface area contributed by atoms with Crippen molar-refractivity contribution < 1.29 is 0 Å². The second-order valence-corrected chi connectivity index (χ2v) is 3.90. The van der Waals surface area contributed by atoms with Crippen LogP contribution in [0.5, 0.6) is 0 Å². The van der Waals surface area contributed by atoms with Gasteiger partial charge in [0.2, 0.25) is 0 Å². The molecule has 3 heteroatoms. The van der Waals surface area contributed by atoms with Gasteiger partial charge in [0.25, 0.3) is 0 Å². The Morgan fingerprint density at radius 3 is 3.08 bits per heavy atom. The Morgan fingerprint density at radius 2 is 2.31 bits per heavy atom. The van der Waals surface area contributed by atoms with Crippen LogP contribution in [0.15, 0.2) is 28.9 Å². The van der Waals surface area contributed by atoms with Crippen LogP contribution < -0.4 is 5.32 Å². The van der Waals surface area contributed by atoms with Crippen LogP contribution in [-0.2, 0) is 6.54 Å². The fourth-order valence-electron chi connectivity index (χ4n) is 1.45. The molecule has 0 atom stereocenters. The lowest BCUT2D eigenvalue weighted by Gasteiger charge is -1.99. The number of benzene rings is 1. The zero-order valence-electron chi connectivity index (χ0n) is 7.39. The lowest BCUT2D eigenvalue weighted by Crippen LogP contribution is -2.04. The Hall–Kier alpha value is -0.800. The van der Waals surface area contributed by atoms with Gasteiger partial charge in [-0.1, -0.05) is 6.07 Å². The Bertz CT molecular complexity index is 420. The summed E-state index contributed by atoms with van der Waals surface area (Å²) in [6, 6.07) is 6.42. The third-order valence-electron chi connectivity index (χ3n) is 2.08. The molecule has 2 rings (SSSR count). The first-order chi connectivity index (χ1) is 6.31. The van der Waals surface area contributed by atoms with Gasteiger partial charge in [-0.25, -0.2) is 0 Å². The minimum absolute atomic E-state index is 0.910. The molecule has 0 aliphatic rings. The molecule has 68 valence electrons. The van der Waals surface area contributed by atoms with Gasteiger partial charge in [-0.3, -0.25) is 0 Å². The minimum atomic E-state index is 0.910. The quantitative estimate of drug-likeness (QED) is 0.828. The standard InChI is InChI=1S/C10H11BrN2/c1-12-5-7-2-3-10-8(4-7)9(11)6-13-10/h2-4,6,12-13H,5H2,1H3. The van der Waals surface area contributed by atoms with Crippen molar-refractivity contribution in [3.8, 4) is 0 Å². The molecule has 13 heavy (non-hydrogen) atoms. The molecular formula is C10H11BrN2. The van der Waals surface area contributed by atoms with E-state index >= 15 is 0 Å². The fraction of sp³-hybridized carbons (Fsp3) is 0.200. The van der Waals surface area contributed by atoms with Gasteiger partial charge in [0, 0.05) is 28.1 Å². The van der Waals surface area contributed by atoms with Gasteiger partial charge in [0.15, 0.2) is 0 Å². The second-order valence-electron chi connectivity index (χ2n) is 3.05. The summed E-state index contributed by atoms with van der Waals surface area (Å²) in [5.74, 6) is 0. The van der Waals surface area contributed by atoms with Gasteiger partial charge >= 0.3 is 0 Å². The summed E-state index contributed by atoms with van der Waals surface area (Å²) in [5, 5.41) is 4.38. The Labute approximate surface area is 85.5 Å². The number of H-pyrrole nitrogens is 1. The van der Waals surface area contributed by atoms with E-state index in [-0.39, 0.29) is 0 Å². The highest BCUT2D eigenvalue weighted by Crippen LogP contribution is 2.24. The van der Waals surface area contributed by atoms with Crippen molar-refractivity contribution >= 4 is 26.8 Å². The molecule has 0 bridgehead atoms. The predicted molar refractivity (Wildman–Crippen MR) is 58.8 cm³/mol. The maximum Gasteiger partial charge on any atom is 0.0465 e. The normalized spacial score (nSPS) is 10.9. The van der Waals surface area contributed by atoms with Crippen molar-refractivity contribution in [2.45, 2.75) is 6.54 Å². The molecule has 0 aliphatic carbocycles. The van der Waals surface area contributed by atoms with Crippen LogP contribution in [0.3, 0.4) is 0 Å². The van der Waals surface area contributed by atoms with Crippen LogP contribution >= 0.6 is 15.9 Å². The maximum absolute atomic E-state index is 3.50. The SMILES string of the molecule is CNCc1ccc2[nH]cc(Br)c2c1. The smallest absolute Gasteiger partial charge is 0.0465 e. The summed E-state index contributed by atoms with van der Waals surface area (Å²) in [6.07, 6.45) is 1.97. The molecule has 0 unspecified atom stereocenters. The monoisotopic (exact) mass is 238 g/mol. The van der Waals surface area contributed by atoms with Crippen LogP contribution in [0, 0.1) is 0 Å². The zero-order chi connectivity index (χ0) is 9.26. The van der Waals surface area contributed by atoms with Gasteiger partial charge < -0.3 is 10.3 Å². The van der Waals surface area contributed by atoms with E-state index in [2.05, 4.69) is 44.4 Å². The number of hydrogen-bond acceptors (Lipinski definition) is 1. The number of aromatic amines is 1. The fourth-order valence-corrected chi connectivity index (χ4v) is 1.89. The molecule has 1 aromatic carbocycles. The van der Waals surface area contributed by atoms with Crippen molar-refractivity contribution in [3.05, 3.63) is 34.4 Å². The Balaban J connectivity index is 2.53. The Morgan fingerprint density at radius 1 is 1.46 bits per heavy atom. The Kier molecular flexibility index (Phi) is 2.38. The lowest BCUT2D eigenvalue weighted by molar-refractivity contribution is 0.819. The molecule has 0 amide bonds. The van der Waals surface area contributed by atoms with Gasteiger partial charge in [0.1, 0.15) is 0 Å². The summed E-state index contributed by atoms with van der Waals surface area (Å²) in [6.45, 7) is 0.910. The molecule has 2 nitrogen and oxygen atoms in total. The van der Waals surface area contributed by atoms with Gasteiger partial charge in [0.05, 0.1) is 0 Å². The first-order valence-corrected chi connectivity index (χ1v) is 5.00. The number of halogens is 1. The van der Waals surface area contributed by atoms with Crippen LogP contribution in [0.25, 0.3) is 10.9 Å². The lowest BCUT2D eigenvalue weighted by atomic mass is 10.1. The highest BCUT2D eigenvalue weighted by molar-refractivity contribution is 9.10. The van der Waals surface area contributed by atoms with Crippen molar-refractivity contribution in [2.24, 2.45) is 0 Å². The van der Waals surface area contributed by atoms with Crippen molar-refractivity contribution in [3.63, 3.8) is 0 Å². The molecule has 2 aromatic rings. The van der Waals surface area contributed by atoms with Crippen molar-refractivity contribution in [1.29, 1.82) is 0 Å². The predicted octanol–water partition coefficient (Wildman–Crippen LogP) is 2.65. The van der Waals surface area contributed by atoms with Crippen LogP contribution in [0.1, 0.15) is 5.56 Å². The number of fused-ring (bicyclic) bond motifs is 1. The summed E-state index contributed by atoms with van der Waals surface area (Å²) in [4.78, 5) is 3.19. The van der Waals surface area contributed by atoms with E-state index in [0.717, 1.165) is 11.0 Å². The molecular weight excluding hydrogens is 228 g/mol. The van der Waals surface area contributed by atoms with E-state index in [9.17, 15) is 0 Å². The van der Waals surface area contributed by atoms with E-state index < -0.39 is 0 Å². The average molecular weight is 239 g/mol. The van der Waals surface area contributed by atoms with Gasteiger partial charge in [-0.15, -0.1) is 0 Å². The van der Waals surface area contributed by atoms with Gasteiger partial charge in [-0.2, -0.15) is 0 Å². The number of rotatable bonds is 2. The van der Waals surface area contributed by atoms with Gasteiger partial charge in [-0.05, 0) is 40.7 Å². The zero-order valence-corrected chi connectivity index (χ0v) is 8.98. The van der Waals surface area contributed by atoms with E-state index in [4.69, 9.17) is 0 Å². The first kappa shape index (κ1) is 8.78. The summed E-state index contributed by atoms with van der Waals surface area (Å²) >= 11 is 3.50. The van der Waals surface area contributed by atoms with Crippen molar-refractivity contribution in [1.82, 2.24) is 10.3 Å². The van der Waals surface area contributed by atoms with E-state index in [1.54, 1.807) is 0 Å². The molecule has 0 spiro atoms. The molecule has 0 radical (unpaired) electrons. The molecule has 0 saturated carbocycles. The van der Waals surface area contributed by atoms with Crippen molar-refractivity contribution in [2.75, 3.05) is 7.05 Å². The molecule has 0 aliphatic heterocycles. The molecule has 1 aromatic heterocycles. The minimum Gasteiger partial charge on any atom is -0.360 e. The average Bonchev–Trinajstić information content (AvgIpc) is 2.49. The first-order valence-electron chi connectivity index (χ1n) is 4.21. The van der Waals surface area contributed by atoms with Crippen LogP contribution in [-0.4, -0.2) is 12.0 Å². The second kappa shape index (κ2) is 3.52. The molecule has 0 saturated heterocycles. The van der Waals surface area contributed by atoms with E-state index in [1.807, 2.05) is 13.2 Å². The number of nitrogens with one attached hydrogen (secondary N) is 2. The van der Waals surface area contributed by atoms with E-state index in [1.165, 1.54) is 16.5 Å². The molecule has 1 heterocycles. The molecule has 0 fully saturated rings. The third-order valence-corrected chi connectivity index (χ3v) is 2.73. The molecule has 2 N–H and O–H groups in total. The highest BCUT2D eigenvalue weighted by atomic mass is 79.9. The third kappa shape index (κ3) is 1.62. The summed E-state index contributed by atoms with van der Waals surface area (Å²) < 4.78 is 1.13. The highest BCUT2D eigenvalue weighted by Gasteiger charge is 2.00. The maximum atomic E-state index is 3.50. The van der Waals surface area contributed by atoms with Crippen LogP contribution in [0.4, 0.5) is 0 Å². The number of hydrogen-bond donors (Lipinski definition) is 2. The number of aromatic nitrogens is 1. The summed E-state index contributed by atoms with van der Waals surface area (Å²) in [5.41, 5.74) is 2.47. The topological polar surface area (TPSA) is 27.8 Å². The largest absolute Gasteiger partial charge is 0.360 e. The summed E-state index contributed by atoms with van der Waals surface area (Å²) in [7, 11) is 1.95. The van der Waals surface area contributed by atoms with Crippen LogP contribution in [0.2, 0.25) is 0 Å².